The van der Waals surface area contributed by atoms with Crippen molar-refractivity contribution < 1.29 is 13.9 Å². The van der Waals surface area contributed by atoms with Gasteiger partial charge in [-0.1, -0.05) is 15.9 Å². The first-order valence-electron chi connectivity index (χ1n) is 6.46. The van der Waals surface area contributed by atoms with Crippen molar-refractivity contribution in [3.63, 3.8) is 0 Å². The highest BCUT2D eigenvalue weighted by Gasteiger charge is 2.16. The summed E-state index contributed by atoms with van der Waals surface area (Å²) in [4.78, 5) is 11.8. The minimum atomic E-state index is -0.278. The first-order valence-corrected chi connectivity index (χ1v) is 7.25. The predicted octanol–water partition coefficient (Wildman–Crippen LogP) is 2.82. The number of hydrogen-bond donors (Lipinski definition) is 1. The van der Waals surface area contributed by atoms with E-state index in [1.807, 2.05) is 0 Å². The number of aryl methyl sites for hydroxylation is 1. The molecule has 3 nitrogen and oxygen atoms in total. The van der Waals surface area contributed by atoms with Gasteiger partial charge in [0.15, 0.2) is 0 Å². The molecule has 0 aliphatic carbocycles. The number of ether oxygens (including phenoxy) is 1. The summed E-state index contributed by atoms with van der Waals surface area (Å²) in [6, 6.07) is 4.64. The van der Waals surface area contributed by atoms with E-state index >= 15 is 0 Å². The van der Waals surface area contributed by atoms with Crippen LogP contribution in [0, 0.1) is 5.82 Å². The first kappa shape index (κ1) is 14.5. The van der Waals surface area contributed by atoms with Gasteiger partial charge in [0.1, 0.15) is 5.82 Å². The van der Waals surface area contributed by atoms with E-state index in [9.17, 15) is 9.18 Å². The summed E-state index contributed by atoms with van der Waals surface area (Å²) in [6.07, 6.45) is 2.84. The summed E-state index contributed by atoms with van der Waals surface area (Å²) >= 11 is 3.36. The van der Waals surface area contributed by atoms with Gasteiger partial charge in [-0.3, -0.25) is 4.79 Å². The molecule has 1 amide bonds. The number of halogens is 2. The minimum absolute atomic E-state index is 0.00772. The van der Waals surface area contributed by atoms with E-state index in [-0.39, 0.29) is 17.8 Å². The molecule has 1 aromatic carbocycles. The highest BCUT2D eigenvalue weighted by molar-refractivity contribution is 9.10. The van der Waals surface area contributed by atoms with Gasteiger partial charge in [0.2, 0.25) is 5.91 Å². The van der Waals surface area contributed by atoms with Gasteiger partial charge < -0.3 is 10.1 Å². The average molecular weight is 330 g/mol. The average Bonchev–Trinajstić information content (AvgIpc) is 2.41. The lowest BCUT2D eigenvalue weighted by Gasteiger charge is -2.23. The molecule has 0 spiro atoms. The third kappa shape index (κ3) is 4.58. The highest BCUT2D eigenvalue weighted by atomic mass is 79.9. The molecule has 0 aromatic heterocycles. The van der Waals surface area contributed by atoms with Crippen molar-refractivity contribution in [2.75, 3.05) is 13.2 Å². The maximum Gasteiger partial charge on any atom is 0.220 e. The van der Waals surface area contributed by atoms with Crippen LogP contribution in [0.1, 0.15) is 24.8 Å². The van der Waals surface area contributed by atoms with E-state index in [2.05, 4.69) is 21.2 Å². The fourth-order valence-corrected chi connectivity index (χ4v) is 2.58. The van der Waals surface area contributed by atoms with Gasteiger partial charge in [-0.15, -0.1) is 0 Å². The first-order chi connectivity index (χ1) is 9.15. The molecule has 0 radical (unpaired) electrons. The molecule has 1 atom stereocenters. The maximum atomic E-state index is 13.1. The van der Waals surface area contributed by atoms with Crippen LogP contribution in [0.15, 0.2) is 22.7 Å². The molecule has 1 aliphatic heterocycles. The zero-order valence-corrected chi connectivity index (χ0v) is 12.2. The number of nitrogens with one attached hydrogen (secondary N) is 1. The molecule has 1 aromatic rings. The Morgan fingerprint density at radius 1 is 1.53 bits per heavy atom. The Morgan fingerprint density at radius 3 is 3.11 bits per heavy atom. The van der Waals surface area contributed by atoms with Gasteiger partial charge in [0.05, 0.1) is 12.6 Å². The van der Waals surface area contributed by atoms with Crippen molar-refractivity contribution in [2.24, 2.45) is 0 Å². The van der Waals surface area contributed by atoms with E-state index in [1.54, 1.807) is 6.07 Å². The van der Waals surface area contributed by atoms with Gasteiger partial charge in [0, 0.05) is 17.5 Å². The van der Waals surface area contributed by atoms with Crippen molar-refractivity contribution in [3.8, 4) is 0 Å². The van der Waals surface area contributed by atoms with E-state index in [0.29, 0.717) is 19.4 Å². The third-order valence-electron chi connectivity index (χ3n) is 3.15. The smallest absolute Gasteiger partial charge is 0.220 e. The topological polar surface area (TPSA) is 38.3 Å². The van der Waals surface area contributed by atoms with E-state index in [1.165, 1.54) is 12.1 Å². The Morgan fingerprint density at radius 2 is 2.37 bits per heavy atom. The Bertz CT molecular complexity index is 447. The molecular weight excluding hydrogens is 313 g/mol. The lowest BCUT2D eigenvalue weighted by Crippen LogP contribution is -2.40. The molecule has 0 unspecified atom stereocenters. The number of hydrogen-bond acceptors (Lipinski definition) is 2. The number of amides is 1. The predicted molar refractivity (Wildman–Crippen MR) is 74.4 cm³/mol. The van der Waals surface area contributed by atoms with Crippen LogP contribution < -0.4 is 5.32 Å². The zero-order chi connectivity index (χ0) is 13.7. The van der Waals surface area contributed by atoms with Crippen molar-refractivity contribution in [1.29, 1.82) is 0 Å². The van der Waals surface area contributed by atoms with E-state index < -0.39 is 0 Å². The largest absolute Gasteiger partial charge is 0.379 e. The summed E-state index contributed by atoms with van der Waals surface area (Å²) in [6.45, 7) is 1.37. The summed E-state index contributed by atoms with van der Waals surface area (Å²) in [5.74, 6) is -0.286. The van der Waals surface area contributed by atoms with E-state index in [4.69, 9.17) is 4.74 Å². The minimum Gasteiger partial charge on any atom is -0.379 e. The maximum absolute atomic E-state index is 13.1. The fourth-order valence-electron chi connectivity index (χ4n) is 2.14. The van der Waals surface area contributed by atoms with Crippen molar-refractivity contribution in [1.82, 2.24) is 5.32 Å². The van der Waals surface area contributed by atoms with Gasteiger partial charge in [-0.2, -0.15) is 0 Å². The Labute approximate surface area is 120 Å². The quantitative estimate of drug-likeness (QED) is 0.922. The fraction of sp³-hybridized carbons (Fsp3) is 0.500. The molecule has 0 bridgehead atoms. The summed E-state index contributed by atoms with van der Waals surface area (Å²) < 4.78 is 19.3. The van der Waals surface area contributed by atoms with Crippen LogP contribution >= 0.6 is 15.9 Å². The molecular formula is C14H17BrFNO2. The van der Waals surface area contributed by atoms with Crippen LogP contribution in [0.5, 0.6) is 0 Å². The molecule has 0 saturated carbocycles. The van der Waals surface area contributed by atoms with Gasteiger partial charge in [0.25, 0.3) is 0 Å². The Kier molecular flexibility index (Phi) is 5.34. The molecule has 1 fully saturated rings. The molecule has 5 heteroatoms. The van der Waals surface area contributed by atoms with Crippen LogP contribution in [0.3, 0.4) is 0 Å². The van der Waals surface area contributed by atoms with Crippen molar-refractivity contribution in [2.45, 2.75) is 31.7 Å². The molecule has 104 valence electrons. The summed E-state index contributed by atoms with van der Waals surface area (Å²) in [7, 11) is 0. The lowest BCUT2D eigenvalue weighted by atomic mass is 10.1. The Hall–Kier alpha value is -0.940. The monoisotopic (exact) mass is 329 g/mol. The molecule has 1 N–H and O–H groups in total. The number of carbonyl (C=O) groups excluding carboxylic acids is 1. The third-order valence-corrected chi connectivity index (χ3v) is 3.93. The zero-order valence-electron chi connectivity index (χ0n) is 10.6. The second-order valence-electron chi connectivity index (χ2n) is 4.72. The molecule has 1 aliphatic rings. The number of carbonyl (C=O) groups is 1. The van der Waals surface area contributed by atoms with Crippen LogP contribution in [0.4, 0.5) is 4.39 Å². The Balaban J connectivity index is 1.81. The van der Waals surface area contributed by atoms with Crippen molar-refractivity contribution >= 4 is 21.8 Å². The molecule has 19 heavy (non-hydrogen) atoms. The SMILES string of the molecule is O=C(CCc1cc(F)ccc1Br)N[C@@H]1CCCOC1. The highest BCUT2D eigenvalue weighted by Crippen LogP contribution is 2.19. The van der Waals surface area contributed by atoms with Crippen molar-refractivity contribution in [3.05, 3.63) is 34.1 Å². The number of benzene rings is 1. The molecule has 1 heterocycles. The molecule has 2 rings (SSSR count). The second kappa shape index (κ2) is 7.01. The van der Waals surface area contributed by atoms with Gasteiger partial charge >= 0.3 is 0 Å². The van der Waals surface area contributed by atoms with Crippen LogP contribution in [-0.4, -0.2) is 25.2 Å². The number of rotatable bonds is 4. The van der Waals surface area contributed by atoms with Crippen LogP contribution in [-0.2, 0) is 16.0 Å². The standard InChI is InChI=1S/C14H17BrFNO2/c15-13-5-4-11(16)8-10(13)3-6-14(18)17-12-2-1-7-19-9-12/h4-5,8,12H,1-3,6-7,9H2,(H,17,18)/t12-/m1/s1. The van der Waals surface area contributed by atoms with E-state index in [0.717, 1.165) is 29.5 Å². The summed E-state index contributed by atoms with van der Waals surface area (Å²) in [5, 5.41) is 2.95. The lowest BCUT2D eigenvalue weighted by molar-refractivity contribution is -0.122. The summed E-state index contributed by atoms with van der Waals surface area (Å²) in [5.41, 5.74) is 0.815. The van der Waals surface area contributed by atoms with Gasteiger partial charge in [-0.05, 0) is 43.0 Å². The van der Waals surface area contributed by atoms with Gasteiger partial charge in [-0.25, -0.2) is 4.39 Å². The molecule has 1 saturated heterocycles. The second-order valence-corrected chi connectivity index (χ2v) is 5.57. The van der Waals surface area contributed by atoms with Crippen LogP contribution in [0.25, 0.3) is 0 Å². The van der Waals surface area contributed by atoms with Crippen LogP contribution in [0.2, 0.25) is 0 Å². The normalized spacial score (nSPS) is 19.2.